The average Bonchev–Trinajstić information content (AvgIpc) is 2.65. The van der Waals surface area contributed by atoms with E-state index in [9.17, 15) is 15.3 Å². The fourth-order valence-corrected chi connectivity index (χ4v) is 7.77. The summed E-state index contributed by atoms with van der Waals surface area (Å²) in [6, 6.07) is 0. The van der Waals surface area contributed by atoms with Crippen LogP contribution in [0.3, 0.4) is 0 Å². The van der Waals surface area contributed by atoms with Crippen LogP contribution >= 0.6 is 0 Å². The maximum absolute atomic E-state index is 11.0. The number of hydrogen-bond acceptors (Lipinski definition) is 3. The number of fused-ring (bicyclic) bond motifs is 3. The van der Waals surface area contributed by atoms with Crippen molar-refractivity contribution in [2.24, 2.45) is 28.6 Å². The molecular weight excluding hydrogens is 276 g/mol. The Labute approximate surface area is 134 Å². The van der Waals surface area contributed by atoms with Gasteiger partial charge in [-0.3, -0.25) is 0 Å². The SMILES string of the molecule is C[C@]12CCC[C@](C)(O)[C@@H]1CC[C@]13C[C@H](CC[C@@H]12)[C@@](O)(CO)C3. The van der Waals surface area contributed by atoms with E-state index in [1.165, 1.54) is 12.8 Å². The molecule has 0 unspecified atom stereocenters. The van der Waals surface area contributed by atoms with E-state index in [4.69, 9.17) is 0 Å². The van der Waals surface area contributed by atoms with Crippen LogP contribution in [0.25, 0.3) is 0 Å². The van der Waals surface area contributed by atoms with Crippen LogP contribution in [0, 0.1) is 28.6 Å². The monoisotopic (exact) mass is 308 g/mol. The fourth-order valence-electron chi connectivity index (χ4n) is 7.77. The fraction of sp³-hybridized carbons (Fsp3) is 1.00. The van der Waals surface area contributed by atoms with Crippen LogP contribution in [0.4, 0.5) is 0 Å². The molecule has 4 fully saturated rings. The quantitative estimate of drug-likeness (QED) is 0.698. The summed E-state index contributed by atoms with van der Waals surface area (Å²) in [5.74, 6) is 1.31. The maximum Gasteiger partial charge on any atom is 0.0910 e. The van der Waals surface area contributed by atoms with E-state index in [2.05, 4.69) is 13.8 Å². The van der Waals surface area contributed by atoms with Gasteiger partial charge in [-0.15, -0.1) is 0 Å². The Hall–Kier alpha value is -0.120. The number of aliphatic hydroxyl groups is 3. The van der Waals surface area contributed by atoms with Gasteiger partial charge in [-0.1, -0.05) is 13.3 Å². The standard InChI is InChI=1S/C19H32O3/c1-16-7-3-8-17(2,21)14(16)6-9-18-10-13(4-5-15(16)18)19(22,11-18)12-20/h13-15,20-22H,3-12H2,1-2H3/t13-,14+,15+,16-,17-,18+,19-/m0/s1. The normalized spacial score (nSPS) is 60.7. The van der Waals surface area contributed by atoms with Gasteiger partial charge in [-0.2, -0.15) is 0 Å². The molecule has 22 heavy (non-hydrogen) atoms. The molecule has 0 aromatic carbocycles. The zero-order chi connectivity index (χ0) is 15.8. The van der Waals surface area contributed by atoms with Gasteiger partial charge in [0, 0.05) is 0 Å². The molecule has 0 saturated heterocycles. The van der Waals surface area contributed by atoms with Gasteiger partial charge in [0.15, 0.2) is 0 Å². The van der Waals surface area contributed by atoms with E-state index in [0.29, 0.717) is 11.8 Å². The lowest BCUT2D eigenvalue weighted by Crippen LogP contribution is -2.58. The molecule has 0 aromatic heterocycles. The van der Waals surface area contributed by atoms with Crippen molar-refractivity contribution in [1.82, 2.24) is 0 Å². The largest absolute Gasteiger partial charge is 0.393 e. The lowest BCUT2D eigenvalue weighted by molar-refractivity contribution is -0.180. The van der Waals surface area contributed by atoms with Crippen LogP contribution in [0.5, 0.6) is 0 Å². The van der Waals surface area contributed by atoms with Crippen molar-refractivity contribution >= 4 is 0 Å². The molecule has 7 atom stereocenters. The second kappa shape index (κ2) is 4.49. The van der Waals surface area contributed by atoms with Gasteiger partial charge in [-0.05, 0) is 86.9 Å². The smallest absolute Gasteiger partial charge is 0.0910 e. The Morgan fingerprint density at radius 3 is 2.45 bits per heavy atom. The van der Waals surface area contributed by atoms with Crippen molar-refractivity contribution in [3.8, 4) is 0 Å². The summed E-state index contributed by atoms with van der Waals surface area (Å²) in [5, 5.41) is 31.6. The zero-order valence-electron chi connectivity index (χ0n) is 14.1. The summed E-state index contributed by atoms with van der Waals surface area (Å²) in [6.07, 6.45) is 9.62. The second-order valence-electron chi connectivity index (χ2n) is 9.64. The highest BCUT2D eigenvalue weighted by Gasteiger charge is 2.67. The molecule has 3 nitrogen and oxygen atoms in total. The lowest BCUT2D eigenvalue weighted by Gasteiger charge is -2.63. The number of rotatable bonds is 1. The predicted octanol–water partition coefficient (Wildman–Crippen LogP) is 2.87. The van der Waals surface area contributed by atoms with Crippen LogP contribution in [-0.4, -0.2) is 33.1 Å². The molecule has 0 radical (unpaired) electrons. The van der Waals surface area contributed by atoms with Gasteiger partial charge < -0.3 is 15.3 Å². The molecule has 0 aliphatic heterocycles. The molecular formula is C19H32O3. The van der Waals surface area contributed by atoms with Crippen molar-refractivity contribution in [2.45, 2.75) is 82.8 Å². The molecule has 0 amide bonds. The highest BCUT2D eigenvalue weighted by Crippen LogP contribution is 2.71. The third-order valence-corrected chi connectivity index (χ3v) is 8.56. The molecule has 0 aromatic rings. The Bertz CT molecular complexity index is 475. The van der Waals surface area contributed by atoms with Crippen LogP contribution in [0.1, 0.15) is 71.6 Å². The summed E-state index contributed by atoms with van der Waals surface area (Å²) in [5.41, 5.74) is -0.919. The first-order valence-corrected chi connectivity index (χ1v) is 9.31. The summed E-state index contributed by atoms with van der Waals surface area (Å²) in [7, 11) is 0. The van der Waals surface area contributed by atoms with Crippen LogP contribution < -0.4 is 0 Å². The van der Waals surface area contributed by atoms with E-state index in [1.807, 2.05) is 0 Å². The van der Waals surface area contributed by atoms with Gasteiger partial charge in [-0.25, -0.2) is 0 Å². The summed E-state index contributed by atoms with van der Waals surface area (Å²) >= 11 is 0. The van der Waals surface area contributed by atoms with Gasteiger partial charge in [0.05, 0.1) is 17.8 Å². The van der Waals surface area contributed by atoms with Crippen LogP contribution in [0.15, 0.2) is 0 Å². The van der Waals surface area contributed by atoms with Gasteiger partial charge >= 0.3 is 0 Å². The van der Waals surface area contributed by atoms with Crippen molar-refractivity contribution < 1.29 is 15.3 Å². The molecule has 4 rings (SSSR count). The van der Waals surface area contributed by atoms with Crippen molar-refractivity contribution in [3.05, 3.63) is 0 Å². The first-order chi connectivity index (χ1) is 10.3. The molecule has 1 spiro atoms. The zero-order valence-corrected chi connectivity index (χ0v) is 14.1. The molecule has 0 heterocycles. The minimum Gasteiger partial charge on any atom is -0.393 e. The highest BCUT2D eigenvalue weighted by atomic mass is 16.3. The minimum atomic E-state index is -0.838. The van der Waals surface area contributed by atoms with E-state index < -0.39 is 11.2 Å². The predicted molar refractivity (Wildman–Crippen MR) is 85.2 cm³/mol. The molecule has 126 valence electrons. The summed E-state index contributed by atoms with van der Waals surface area (Å²) in [6.45, 7) is 4.40. The first-order valence-electron chi connectivity index (χ1n) is 9.31. The lowest BCUT2D eigenvalue weighted by atomic mass is 9.43. The van der Waals surface area contributed by atoms with E-state index in [0.717, 1.165) is 44.9 Å². The van der Waals surface area contributed by atoms with Crippen molar-refractivity contribution in [2.75, 3.05) is 6.61 Å². The van der Waals surface area contributed by atoms with E-state index >= 15 is 0 Å². The van der Waals surface area contributed by atoms with Crippen LogP contribution in [-0.2, 0) is 0 Å². The van der Waals surface area contributed by atoms with Crippen molar-refractivity contribution in [1.29, 1.82) is 0 Å². The minimum absolute atomic E-state index is 0.0794. The van der Waals surface area contributed by atoms with Gasteiger partial charge in [0.2, 0.25) is 0 Å². The number of hydrogen-bond donors (Lipinski definition) is 3. The molecule has 4 saturated carbocycles. The second-order valence-corrected chi connectivity index (χ2v) is 9.64. The molecule has 4 aliphatic rings. The van der Waals surface area contributed by atoms with Gasteiger partial charge in [0.25, 0.3) is 0 Å². The highest BCUT2D eigenvalue weighted by molar-refractivity contribution is 5.17. The molecule has 4 aliphatic carbocycles. The average molecular weight is 308 g/mol. The van der Waals surface area contributed by atoms with E-state index in [-0.39, 0.29) is 23.4 Å². The summed E-state index contributed by atoms with van der Waals surface area (Å²) < 4.78 is 0. The van der Waals surface area contributed by atoms with Crippen molar-refractivity contribution in [3.63, 3.8) is 0 Å². The topological polar surface area (TPSA) is 60.7 Å². The molecule has 2 bridgehead atoms. The third-order valence-electron chi connectivity index (χ3n) is 8.56. The van der Waals surface area contributed by atoms with E-state index in [1.54, 1.807) is 0 Å². The molecule has 3 heteroatoms. The first kappa shape index (κ1) is 15.4. The Morgan fingerprint density at radius 2 is 1.73 bits per heavy atom. The summed E-state index contributed by atoms with van der Waals surface area (Å²) in [4.78, 5) is 0. The van der Waals surface area contributed by atoms with Gasteiger partial charge in [0.1, 0.15) is 0 Å². The molecule has 3 N–H and O–H groups in total. The maximum atomic E-state index is 11.0. The Balaban J connectivity index is 1.72. The third kappa shape index (κ3) is 1.79. The number of aliphatic hydroxyl groups excluding tert-OH is 1. The van der Waals surface area contributed by atoms with Crippen LogP contribution in [0.2, 0.25) is 0 Å². The Morgan fingerprint density at radius 1 is 0.955 bits per heavy atom. The Kier molecular flexibility index (Phi) is 3.14.